The number of nitrogens with zero attached hydrogens (tertiary/aromatic N) is 3. The molecule has 0 aliphatic rings. The molecule has 0 aliphatic carbocycles. The molecule has 0 radical (unpaired) electrons. The van der Waals surface area contributed by atoms with Crippen LogP contribution in [-0.2, 0) is 4.79 Å². The van der Waals surface area contributed by atoms with Gasteiger partial charge in [-0.1, -0.05) is 23.3 Å². The van der Waals surface area contributed by atoms with E-state index in [1.54, 1.807) is 0 Å². The third-order valence-electron chi connectivity index (χ3n) is 1.78. The predicted molar refractivity (Wildman–Crippen MR) is 58.3 cm³/mol. The van der Waals surface area contributed by atoms with Crippen LogP contribution in [0.2, 0.25) is 0 Å². The zero-order valence-corrected chi connectivity index (χ0v) is 8.26. The monoisotopic (exact) mass is 204 g/mol. The minimum absolute atomic E-state index is 0.0608. The Balaban J connectivity index is 2.27. The van der Waals surface area contributed by atoms with E-state index in [9.17, 15) is 4.79 Å². The molecule has 0 aromatic heterocycles. The minimum atomic E-state index is -0.0608. The van der Waals surface area contributed by atoms with Gasteiger partial charge in [0.25, 0.3) is 0 Å². The molecule has 5 nitrogen and oxygen atoms in total. The second-order valence-corrected chi connectivity index (χ2v) is 2.97. The van der Waals surface area contributed by atoms with Crippen LogP contribution in [0.15, 0.2) is 35.4 Å². The summed E-state index contributed by atoms with van der Waals surface area (Å²) in [5, 5.41) is 6.10. The lowest BCUT2D eigenvalue weighted by Crippen LogP contribution is -2.11. The van der Waals surface area contributed by atoms with E-state index in [1.165, 1.54) is 0 Å². The summed E-state index contributed by atoms with van der Waals surface area (Å²) in [5.74, 6) is -0.0608. The zero-order valence-electron chi connectivity index (χ0n) is 8.26. The van der Waals surface area contributed by atoms with Crippen molar-refractivity contribution >= 4 is 11.6 Å². The molecular formula is C10H12N4O. The Bertz CT molecular complexity index is 357. The second kappa shape index (κ2) is 6.45. The van der Waals surface area contributed by atoms with E-state index in [1.807, 2.05) is 30.3 Å². The van der Waals surface area contributed by atoms with Crippen molar-refractivity contribution in [3.8, 4) is 0 Å². The highest BCUT2D eigenvalue weighted by molar-refractivity contribution is 5.90. The van der Waals surface area contributed by atoms with Crippen LogP contribution in [0.5, 0.6) is 0 Å². The molecule has 0 heterocycles. The summed E-state index contributed by atoms with van der Waals surface area (Å²) in [6, 6.07) is 9.25. The fourth-order valence-corrected chi connectivity index (χ4v) is 1.10. The van der Waals surface area contributed by atoms with E-state index in [0.29, 0.717) is 19.4 Å². The van der Waals surface area contributed by atoms with E-state index >= 15 is 0 Å². The molecule has 5 heteroatoms. The van der Waals surface area contributed by atoms with Crippen LogP contribution >= 0.6 is 0 Å². The number of benzene rings is 1. The van der Waals surface area contributed by atoms with Crippen molar-refractivity contribution in [3.05, 3.63) is 40.8 Å². The number of azide groups is 1. The summed E-state index contributed by atoms with van der Waals surface area (Å²) in [7, 11) is 0. The molecule has 1 N–H and O–H groups in total. The molecule has 0 saturated carbocycles. The van der Waals surface area contributed by atoms with Crippen LogP contribution in [0.1, 0.15) is 12.8 Å². The summed E-state index contributed by atoms with van der Waals surface area (Å²) in [5.41, 5.74) is 8.81. The Morgan fingerprint density at radius 1 is 1.40 bits per heavy atom. The Labute approximate surface area is 87.7 Å². The number of para-hydroxylation sites is 1. The number of amides is 1. The van der Waals surface area contributed by atoms with Gasteiger partial charge in [0, 0.05) is 23.6 Å². The summed E-state index contributed by atoms with van der Waals surface area (Å²) in [6.45, 7) is 0.360. The second-order valence-electron chi connectivity index (χ2n) is 2.97. The number of hydrogen-bond donors (Lipinski definition) is 1. The van der Waals surface area contributed by atoms with Crippen LogP contribution in [0, 0.1) is 0 Å². The fourth-order valence-electron chi connectivity index (χ4n) is 1.10. The Hall–Kier alpha value is -2.00. The molecule has 0 bridgehead atoms. The van der Waals surface area contributed by atoms with E-state index < -0.39 is 0 Å². The van der Waals surface area contributed by atoms with Crippen LogP contribution in [-0.4, -0.2) is 12.5 Å². The van der Waals surface area contributed by atoms with Gasteiger partial charge in [-0.15, -0.1) is 0 Å². The van der Waals surface area contributed by atoms with Crippen molar-refractivity contribution in [2.24, 2.45) is 5.11 Å². The average Bonchev–Trinajstić information content (AvgIpc) is 2.26. The lowest BCUT2D eigenvalue weighted by molar-refractivity contribution is -0.116. The van der Waals surface area contributed by atoms with E-state index in [4.69, 9.17) is 5.53 Å². The van der Waals surface area contributed by atoms with Gasteiger partial charge in [0.1, 0.15) is 0 Å². The zero-order chi connectivity index (χ0) is 10.9. The van der Waals surface area contributed by atoms with Gasteiger partial charge in [-0.3, -0.25) is 4.79 Å². The van der Waals surface area contributed by atoms with Crippen molar-refractivity contribution < 1.29 is 4.79 Å². The summed E-state index contributed by atoms with van der Waals surface area (Å²) in [6.07, 6.45) is 0.941. The van der Waals surface area contributed by atoms with E-state index in [0.717, 1.165) is 5.69 Å². The van der Waals surface area contributed by atoms with Gasteiger partial charge in [0.05, 0.1) is 0 Å². The van der Waals surface area contributed by atoms with Crippen LogP contribution in [0.3, 0.4) is 0 Å². The topological polar surface area (TPSA) is 77.9 Å². The molecule has 1 rings (SSSR count). The maximum Gasteiger partial charge on any atom is 0.224 e. The highest BCUT2D eigenvalue weighted by Gasteiger charge is 2.00. The highest BCUT2D eigenvalue weighted by Crippen LogP contribution is 2.05. The molecule has 1 aromatic carbocycles. The minimum Gasteiger partial charge on any atom is -0.326 e. The molecule has 0 aliphatic heterocycles. The molecule has 0 spiro atoms. The van der Waals surface area contributed by atoms with Gasteiger partial charge in [-0.25, -0.2) is 0 Å². The number of hydrogen-bond acceptors (Lipinski definition) is 2. The molecule has 78 valence electrons. The first-order valence-electron chi connectivity index (χ1n) is 4.68. The number of anilines is 1. The van der Waals surface area contributed by atoms with Crippen molar-refractivity contribution in [1.82, 2.24) is 0 Å². The maximum atomic E-state index is 11.3. The normalized spacial score (nSPS) is 9.07. The molecule has 0 atom stereocenters. The quantitative estimate of drug-likeness (QED) is 0.340. The van der Waals surface area contributed by atoms with Crippen LogP contribution in [0.25, 0.3) is 10.4 Å². The number of nitrogens with one attached hydrogen (secondary N) is 1. The maximum absolute atomic E-state index is 11.3. The molecule has 0 fully saturated rings. The number of carbonyl (C=O) groups excluding carboxylic acids is 1. The Morgan fingerprint density at radius 2 is 2.13 bits per heavy atom. The van der Waals surface area contributed by atoms with E-state index in [-0.39, 0.29) is 5.91 Å². The first-order valence-corrected chi connectivity index (χ1v) is 4.68. The molecule has 1 amide bonds. The van der Waals surface area contributed by atoms with Crippen molar-refractivity contribution in [3.63, 3.8) is 0 Å². The average molecular weight is 204 g/mol. The van der Waals surface area contributed by atoms with Crippen molar-refractivity contribution in [2.45, 2.75) is 12.8 Å². The van der Waals surface area contributed by atoms with Crippen LogP contribution in [0.4, 0.5) is 5.69 Å². The molecule has 0 unspecified atom stereocenters. The first-order chi connectivity index (χ1) is 7.33. The number of rotatable bonds is 5. The lowest BCUT2D eigenvalue weighted by Gasteiger charge is -2.03. The number of carbonyl (C=O) groups is 1. The lowest BCUT2D eigenvalue weighted by atomic mass is 10.2. The van der Waals surface area contributed by atoms with Gasteiger partial charge in [0.15, 0.2) is 0 Å². The third kappa shape index (κ3) is 4.69. The largest absolute Gasteiger partial charge is 0.326 e. The molecule has 1 aromatic rings. The summed E-state index contributed by atoms with van der Waals surface area (Å²) >= 11 is 0. The Kier molecular flexibility index (Phi) is 4.77. The third-order valence-corrected chi connectivity index (χ3v) is 1.78. The summed E-state index contributed by atoms with van der Waals surface area (Å²) < 4.78 is 0. The first kappa shape index (κ1) is 11.1. The van der Waals surface area contributed by atoms with Gasteiger partial charge < -0.3 is 5.32 Å². The van der Waals surface area contributed by atoms with Gasteiger partial charge in [-0.05, 0) is 24.1 Å². The Morgan fingerprint density at radius 3 is 2.80 bits per heavy atom. The molecular weight excluding hydrogens is 192 g/mol. The van der Waals surface area contributed by atoms with Crippen molar-refractivity contribution in [1.29, 1.82) is 0 Å². The van der Waals surface area contributed by atoms with Crippen molar-refractivity contribution in [2.75, 3.05) is 11.9 Å². The standard InChI is InChI=1S/C10H12N4O/c11-14-12-8-4-7-10(15)13-9-5-2-1-3-6-9/h1-3,5-6H,4,7-8H2,(H,13,15). The fraction of sp³-hybridized carbons (Fsp3) is 0.300. The van der Waals surface area contributed by atoms with Gasteiger partial charge in [-0.2, -0.15) is 0 Å². The van der Waals surface area contributed by atoms with Crippen LogP contribution < -0.4 is 5.32 Å². The highest BCUT2D eigenvalue weighted by atomic mass is 16.1. The molecule has 15 heavy (non-hydrogen) atoms. The molecule has 0 saturated heterocycles. The predicted octanol–water partition coefficient (Wildman–Crippen LogP) is 2.72. The summed E-state index contributed by atoms with van der Waals surface area (Å²) in [4.78, 5) is 13.9. The van der Waals surface area contributed by atoms with Gasteiger partial charge >= 0.3 is 0 Å². The van der Waals surface area contributed by atoms with E-state index in [2.05, 4.69) is 15.3 Å². The smallest absolute Gasteiger partial charge is 0.224 e. The van der Waals surface area contributed by atoms with Gasteiger partial charge in [0.2, 0.25) is 5.91 Å². The SMILES string of the molecule is [N-]=[N+]=NCCCC(=O)Nc1ccccc1.